The number of cyclic esters (lactones) is 1. The Hall–Kier alpha value is -1.88. The van der Waals surface area contributed by atoms with Gasteiger partial charge in [0.15, 0.2) is 0 Å². The Kier molecular flexibility index (Phi) is 6.02. The van der Waals surface area contributed by atoms with Crippen LogP contribution in [0.3, 0.4) is 0 Å². The molecule has 2 rings (SSSR count). The number of aryl methyl sites for hydroxylation is 1. The van der Waals surface area contributed by atoms with Crippen molar-refractivity contribution in [1.82, 2.24) is 5.32 Å². The summed E-state index contributed by atoms with van der Waals surface area (Å²) in [6.07, 6.45) is 0.434. The Balaban J connectivity index is 0.000000550. The first-order valence-electron chi connectivity index (χ1n) is 6.21. The quantitative estimate of drug-likeness (QED) is 0.845. The van der Waals surface area contributed by atoms with Gasteiger partial charge in [-0.15, -0.1) is 0 Å². The van der Waals surface area contributed by atoms with Gasteiger partial charge in [0.05, 0.1) is 6.54 Å². The molecule has 5 heteroatoms. The topological polar surface area (TPSA) is 58.6 Å². The molecule has 1 saturated heterocycles. The lowest BCUT2D eigenvalue weighted by molar-refractivity contribution is -0.106. The van der Waals surface area contributed by atoms with E-state index in [0.29, 0.717) is 13.1 Å². The van der Waals surface area contributed by atoms with Gasteiger partial charge in [-0.05, 0) is 38.6 Å². The van der Waals surface area contributed by atoms with Gasteiger partial charge in [-0.3, -0.25) is 4.90 Å². The first-order valence-corrected chi connectivity index (χ1v) is 6.21. The number of ether oxygens (including phenoxy) is 1. The molecule has 1 amide bonds. The monoisotopic (exact) mass is 264 g/mol. The molecular formula is C14H20N2O3. The molecule has 1 heterocycles. The van der Waals surface area contributed by atoms with Crippen molar-refractivity contribution in [2.24, 2.45) is 0 Å². The Morgan fingerprint density at radius 1 is 1.53 bits per heavy atom. The van der Waals surface area contributed by atoms with Crippen LogP contribution >= 0.6 is 0 Å². The number of carbonyl (C=O) groups excluding carboxylic acids is 2. The van der Waals surface area contributed by atoms with Crippen LogP contribution in [0.5, 0.6) is 0 Å². The Morgan fingerprint density at radius 3 is 2.79 bits per heavy atom. The summed E-state index contributed by atoms with van der Waals surface area (Å²) in [6.45, 7) is 4.76. The first-order chi connectivity index (χ1) is 9.12. The minimum atomic E-state index is -0.258. The van der Waals surface area contributed by atoms with Crippen LogP contribution in [0, 0.1) is 6.92 Å². The average molecular weight is 264 g/mol. The van der Waals surface area contributed by atoms with E-state index in [1.807, 2.05) is 38.2 Å². The molecule has 1 aliphatic rings. The summed E-state index contributed by atoms with van der Waals surface area (Å²) in [6, 6.07) is 7.87. The molecule has 104 valence electrons. The van der Waals surface area contributed by atoms with E-state index in [1.54, 1.807) is 4.90 Å². The number of nitrogens with zero attached hydrogens (tertiary/aromatic N) is 1. The maximum atomic E-state index is 11.6. The molecule has 1 N–H and O–H groups in total. The molecule has 0 aliphatic carbocycles. The number of carbonyl (C=O) groups is 2. The lowest BCUT2D eigenvalue weighted by Crippen LogP contribution is -2.29. The van der Waals surface area contributed by atoms with E-state index in [1.165, 1.54) is 6.92 Å². The fraction of sp³-hybridized carbons (Fsp3) is 0.429. The molecule has 0 spiro atoms. The van der Waals surface area contributed by atoms with Gasteiger partial charge in [-0.2, -0.15) is 0 Å². The third-order valence-corrected chi connectivity index (χ3v) is 2.62. The largest absolute Gasteiger partial charge is 0.443 e. The van der Waals surface area contributed by atoms with E-state index in [-0.39, 0.29) is 12.2 Å². The van der Waals surface area contributed by atoms with Gasteiger partial charge < -0.3 is 14.8 Å². The molecule has 0 aromatic heterocycles. The summed E-state index contributed by atoms with van der Waals surface area (Å²) in [5.41, 5.74) is 2.05. The summed E-state index contributed by atoms with van der Waals surface area (Å²) in [4.78, 5) is 22.1. The van der Waals surface area contributed by atoms with Crippen LogP contribution in [0.15, 0.2) is 24.3 Å². The smallest absolute Gasteiger partial charge is 0.414 e. The maximum Gasteiger partial charge on any atom is 0.414 e. The van der Waals surface area contributed by atoms with Crippen molar-refractivity contribution in [3.8, 4) is 0 Å². The number of likely N-dealkylation sites (N-methyl/N-ethyl adjacent to an activating group) is 1. The molecule has 19 heavy (non-hydrogen) atoms. The van der Waals surface area contributed by atoms with Crippen molar-refractivity contribution >= 4 is 18.1 Å². The van der Waals surface area contributed by atoms with Crippen LogP contribution in [0.2, 0.25) is 0 Å². The highest BCUT2D eigenvalue weighted by atomic mass is 16.6. The lowest BCUT2D eigenvalue weighted by atomic mass is 10.2. The van der Waals surface area contributed by atoms with Gasteiger partial charge in [0.25, 0.3) is 0 Å². The van der Waals surface area contributed by atoms with Gasteiger partial charge in [-0.1, -0.05) is 12.1 Å². The third-order valence-electron chi connectivity index (χ3n) is 2.62. The highest BCUT2D eigenvalue weighted by Crippen LogP contribution is 2.22. The highest BCUT2D eigenvalue weighted by Gasteiger charge is 2.31. The average Bonchev–Trinajstić information content (AvgIpc) is 2.72. The minimum absolute atomic E-state index is 0.0574. The maximum absolute atomic E-state index is 11.6. The Labute approximate surface area is 113 Å². The molecule has 1 fully saturated rings. The number of rotatable bonds is 3. The molecule has 0 saturated carbocycles. The van der Waals surface area contributed by atoms with Crippen LogP contribution in [0.1, 0.15) is 12.5 Å². The van der Waals surface area contributed by atoms with Crippen LogP contribution in [0.25, 0.3) is 0 Å². The second-order valence-electron chi connectivity index (χ2n) is 4.25. The van der Waals surface area contributed by atoms with Crippen molar-refractivity contribution in [3.63, 3.8) is 0 Å². The van der Waals surface area contributed by atoms with E-state index in [9.17, 15) is 4.79 Å². The molecule has 0 bridgehead atoms. The number of hydrogen-bond donors (Lipinski definition) is 1. The Morgan fingerprint density at radius 2 is 2.21 bits per heavy atom. The van der Waals surface area contributed by atoms with Gasteiger partial charge >= 0.3 is 6.09 Å². The number of amides is 1. The van der Waals surface area contributed by atoms with E-state index >= 15 is 0 Å². The molecule has 1 unspecified atom stereocenters. The van der Waals surface area contributed by atoms with E-state index in [0.717, 1.165) is 17.5 Å². The summed E-state index contributed by atoms with van der Waals surface area (Å²) in [5.74, 6) is 0. The number of benzene rings is 1. The molecule has 1 aromatic carbocycles. The van der Waals surface area contributed by atoms with Crippen LogP contribution < -0.4 is 10.2 Å². The number of aldehydes is 1. The van der Waals surface area contributed by atoms with Crippen molar-refractivity contribution in [1.29, 1.82) is 0 Å². The zero-order chi connectivity index (χ0) is 14.3. The normalized spacial score (nSPS) is 17.5. The molecule has 0 radical (unpaired) electrons. The SMILES string of the molecule is CC=O.CNCC1CN(c2cccc(C)c2)C(=O)O1. The van der Waals surface area contributed by atoms with Crippen molar-refractivity contribution in [3.05, 3.63) is 29.8 Å². The second kappa shape index (κ2) is 7.53. The summed E-state index contributed by atoms with van der Waals surface area (Å²) >= 11 is 0. The van der Waals surface area contributed by atoms with Crippen LogP contribution in [-0.4, -0.2) is 38.6 Å². The van der Waals surface area contributed by atoms with Crippen molar-refractivity contribution < 1.29 is 14.3 Å². The zero-order valence-electron chi connectivity index (χ0n) is 11.6. The highest BCUT2D eigenvalue weighted by molar-refractivity contribution is 5.89. The predicted octanol–water partition coefficient (Wildman–Crippen LogP) is 1.74. The third kappa shape index (κ3) is 4.37. The molecule has 1 aromatic rings. The predicted molar refractivity (Wildman–Crippen MR) is 74.5 cm³/mol. The lowest BCUT2D eigenvalue weighted by Gasteiger charge is -2.13. The van der Waals surface area contributed by atoms with E-state index < -0.39 is 0 Å². The minimum Gasteiger partial charge on any atom is -0.443 e. The van der Waals surface area contributed by atoms with E-state index in [4.69, 9.17) is 9.53 Å². The molecular weight excluding hydrogens is 244 g/mol. The number of anilines is 1. The summed E-state index contributed by atoms with van der Waals surface area (Å²) in [5, 5.41) is 3.01. The molecule has 5 nitrogen and oxygen atoms in total. The van der Waals surface area contributed by atoms with Gasteiger partial charge in [0.2, 0.25) is 0 Å². The zero-order valence-corrected chi connectivity index (χ0v) is 11.6. The van der Waals surface area contributed by atoms with Crippen LogP contribution in [-0.2, 0) is 9.53 Å². The van der Waals surface area contributed by atoms with Crippen LogP contribution in [0.4, 0.5) is 10.5 Å². The van der Waals surface area contributed by atoms with Gasteiger partial charge in [0.1, 0.15) is 12.4 Å². The van der Waals surface area contributed by atoms with Gasteiger partial charge in [-0.25, -0.2) is 4.79 Å². The van der Waals surface area contributed by atoms with E-state index in [2.05, 4.69) is 5.32 Å². The number of hydrogen-bond acceptors (Lipinski definition) is 4. The van der Waals surface area contributed by atoms with Gasteiger partial charge in [0, 0.05) is 12.2 Å². The first kappa shape index (κ1) is 15.2. The molecule has 1 atom stereocenters. The van der Waals surface area contributed by atoms with Crippen molar-refractivity contribution in [2.75, 3.05) is 25.0 Å². The van der Waals surface area contributed by atoms with Crippen molar-refractivity contribution in [2.45, 2.75) is 20.0 Å². The standard InChI is InChI=1S/C12H16N2O2.C2H4O/c1-9-4-3-5-10(6-9)14-8-11(7-13-2)16-12(14)15;1-2-3/h3-6,11,13H,7-8H2,1-2H3;2H,1H3. The number of nitrogens with one attached hydrogen (secondary N) is 1. The Bertz CT molecular complexity index is 434. The fourth-order valence-electron chi connectivity index (χ4n) is 1.86. The summed E-state index contributed by atoms with van der Waals surface area (Å²) < 4.78 is 5.23. The second-order valence-corrected chi connectivity index (χ2v) is 4.25. The molecule has 1 aliphatic heterocycles. The summed E-state index contributed by atoms with van der Waals surface area (Å²) in [7, 11) is 1.85. The fourth-order valence-corrected chi connectivity index (χ4v) is 1.86.